The average Bonchev–Trinajstić information content (AvgIpc) is 3.57. The number of likely N-dealkylation sites (tertiary alicyclic amines) is 1. The van der Waals surface area contributed by atoms with E-state index in [2.05, 4.69) is 41.4 Å². The molecule has 7 nitrogen and oxygen atoms in total. The first-order valence-electron chi connectivity index (χ1n) is 12.1. The summed E-state index contributed by atoms with van der Waals surface area (Å²) in [5.41, 5.74) is 3.77. The molecule has 2 aliphatic rings. The van der Waals surface area contributed by atoms with Crippen LogP contribution in [0.1, 0.15) is 52.5 Å². The molecule has 1 N–H and O–H groups in total. The maximum Gasteiger partial charge on any atom is 0.257 e. The summed E-state index contributed by atoms with van der Waals surface area (Å²) in [6.45, 7) is 3.85. The van der Waals surface area contributed by atoms with Gasteiger partial charge in [0.25, 0.3) is 11.8 Å². The quantitative estimate of drug-likeness (QED) is 0.587. The minimum atomic E-state index is -0.239. The van der Waals surface area contributed by atoms with Gasteiger partial charge in [0.15, 0.2) is 0 Å². The van der Waals surface area contributed by atoms with Crippen molar-refractivity contribution in [2.24, 2.45) is 5.10 Å². The third-order valence-electron chi connectivity index (χ3n) is 6.74. The number of hydrazone groups is 1. The second-order valence-electron chi connectivity index (χ2n) is 9.28. The number of rotatable bonds is 6. The van der Waals surface area contributed by atoms with Crippen LogP contribution in [0.4, 0.5) is 0 Å². The van der Waals surface area contributed by atoms with Gasteiger partial charge in [-0.2, -0.15) is 5.10 Å². The van der Waals surface area contributed by atoms with Gasteiger partial charge in [0, 0.05) is 31.1 Å². The van der Waals surface area contributed by atoms with Crippen LogP contribution in [-0.2, 0) is 4.79 Å². The number of hydrogen-bond acceptors (Lipinski definition) is 5. The van der Waals surface area contributed by atoms with Gasteiger partial charge in [-0.1, -0.05) is 48.0 Å². The number of furan rings is 1. The molecule has 0 spiro atoms. The summed E-state index contributed by atoms with van der Waals surface area (Å²) in [5, 5.41) is 9.45. The van der Waals surface area contributed by atoms with E-state index in [4.69, 9.17) is 9.52 Å². The Morgan fingerprint density at radius 1 is 1.00 bits per heavy atom. The van der Waals surface area contributed by atoms with Crippen LogP contribution in [0.15, 0.2) is 82.5 Å². The standard InChI is InChI=1S/C28H30N4O3/c1-20-9-11-21(12-10-20)24-18-25(26-8-5-17-35-26)32(30-24)27(33)19-31-15-13-23(14-16-31)29-28(34)22-6-3-2-4-7-22/h2-12,17,23,25H,13-16,18-19H2,1H3,(H,29,34). The molecule has 1 saturated heterocycles. The van der Waals surface area contributed by atoms with Crippen LogP contribution in [-0.4, -0.2) is 53.1 Å². The van der Waals surface area contributed by atoms with Crippen molar-refractivity contribution in [1.29, 1.82) is 0 Å². The fourth-order valence-electron chi connectivity index (χ4n) is 4.72. The molecular formula is C28H30N4O3. The molecule has 2 aliphatic heterocycles. The lowest BCUT2D eigenvalue weighted by molar-refractivity contribution is -0.134. The molecule has 2 aromatic carbocycles. The van der Waals surface area contributed by atoms with Gasteiger partial charge in [-0.25, -0.2) is 5.01 Å². The number of aryl methyl sites for hydroxylation is 1. The summed E-state index contributed by atoms with van der Waals surface area (Å²) < 4.78 is 5.66. The predicted molar refractivity (Wildman–Crippen MR) is 134 cm³/mol. The Labute approximate surface area is 205 Å². The Bertz CT molecular complexity index is 1180. The number of carbonyl (C=O) groups excluding carboxylic acids is 2. The van der Waals surface area contributed by atoms with E-state index in [1.165, 1.54) is 5.56 Å². The topological polar surface area (TPSA) is 78.2 Å². The van der Waals surface area contributed by atoms with Crippen molar-refractivity contribution in [1.82, 2.24) is 15.2 Å². The SMILES string of the molecule is Cc1ccc(C2=NN(C(=O)CN3CCC(NC(=O)c4ccccc4)CC3)C(c3ccco3)C2)cc1. The highest BCUT2D eigenvalue weighted by Gasteiger charge is 2.35. The molecule has 1 unspecified atom stereocenters. The van der Waals surface area contributed by atoms with Crippen LogP contribution in [0.2, 0.25) is 0 Å². The number of nitrogens with zero attached hydrogens (tertiary/aromatic N) is 3. The molecule has 3 heterocycles. The lowest BCUT2D eigenvalue weighted by atomic mass is 10.0. The molecule has 0 aliphatic carbocycles. The molecule has 5 rings (SSSR count). The van der Waals surface area contributed by atoms with Crippen LogP contribution >= 0.6 is 0 Å². The molecule has 3 aromatic rings. The summed E-state index contributed by atoms with van der Waals surface area (Å²) in [7, 11) is 0. The van der Waals surface area contributed by atoms with Gasteiger partial charge in [-0.15, -0.1) is 0 Å². The maximum atomic E-state index is 13.4. The zero-order valence-corrected chi connectivity index (χ0v) is 19.9. The molecule has 35 heavy (non-hydrogen) atoms. The van der Waals surface area contributed by atoms with Gasteiger partial charge in [0.05, 0.1) is 18.5 Å². The van der Waals surface area contributed by atoms with E-state index in [9.17, 15) is 9.59 Å². The largest absolute Gasteiger partial charge is 0.467 e. The summed E-state index contributed by atoms with van der Waals surface area (Å²) in [5.74, 6) is 0.656. The molecule has 1 fully saturated rings. The van der Waals surface area contributed by atoms with Gasteiger partial charge < -0.3 is 9.73 Å². The monoisotopic (exact) mass is 470 g/mol. The molecule has 2 amide bonds. The molecule has 0 saturated carbocycles. The summed E-state index contributed by atoms with van der Waals surface area (Å²) in [4.78, 5) is 28.0. The van der Waals surface area contributed by atoms with Crippen molar-refractivity contribution < 1.29 is 14.0 Å². The van der Waals surface area contributed by atoms with E-state index >= 15 is 0 Å². The van der Waals surface area contributed by atoms with Crippen LogP contribution in [0.25, 0.3) is 0 Å². The van der Waals surface area contributed by atoms with Crippen molar-refractivity contribution in [3.05, 3.63) is 95.4 Å². The number of hydrogen-bond donors (Lipinski definition) is 1. The van der Waals surface area contributed by atoms with Gasteiger partial charge in [0.2, 0.25) is 0 Å². The number of benzene rings is 2. The van der Waals surface area contributed by atoms with E-state index in [-0.39, 0.29) is 23.9 Å². The number of nitrogens with one attached hydrogen (secondary N) is 1. The summed E-state index contributed by atoms with van der Waals surface area (Å²) in [6.07, 6.45) is 3.88. The first-order valence-corrected chi connectivity index (χ1v) is 12.1. The first kappa shape index (κ1) is 23.1. The van der Waals surface area contributed by atoms with Crippen LogP contribution < -0.4 is 5.32 Å². The van der Waals surface area contributed by atoms with Crippen LogP contribution in [0.3, 0.4) is 0 Å². The highest BCUT2D eigenvalue weighted by Crippen LogP contribution is 2.33. The van der Waals surface area contributed by atoms with Crippen molar-refractivity contribution in [3.63, 3.8) is 0 Å². The second kappa shape index (κ2) is 10.3. The summed E-state index contributed by atoms with van der Waals surface area (Å²) >= 11 is 0. The van der Waals surface area contributed by atoms with E-state index in [1.807, 2.05) is 42.5 Å². The van der Waals surface area contributed by atoms with E-state index in [0.29, 0.717) is 18.5 Å². The first-order chi connectivity index (χ1) is 17.1. The molecule has 1 atom stereocenters. The van der Waals surface area contributed by atoms with Gasteiger partial charge in [0.1, 0.15) is 11.8 Å². The van der Waals surface area contributed by atoms with E-state index in [0.717, 1.165) is 43.0 Å². The minimum absolute atomic E-state index is 0.0414. The minimum Gasteiger partial charge on any atom is -0.467 e. The molecule has 0 radical (unpaired) electrons. The van der Waals surface area contributed by atoms with Crippen molar-refractivity contribution in [2.75, 3.05) is 19.6 Å². The average molecular weight is 471 g/mol. The smallest absolute Gasteiger partial charge is 0.257 e. The third kappa shape index (κ3) is 5.35. The van der Waals surface area contributed by atoms with E-state index < -0.39 is 0 Å². The molecule has 180 valence electrons. The van der Waals surface area contributed by atoms with Gasteiger partial charge in [-0.3, -0.25) is 14.5 Å². The van der Waals surface area contributed by atoms with Crippen molar-refractivity contribution >= 4 is 17.5 Å². The highest BCUT2D eigenvalue weighted by atomic mass is 16.3. The zero-order valence-electron chi connectivity index (χ0n) is 19.9. The number of amides is 2. The molecular weight excluding hydrogens is 440 g/mol. The van der Waals surface area contributed by atoms with Crippen LogP contribution in [0, 0.1) is 6.92 Å². The second-order valence-corrected chi connectivity index (χ2v) is 9.28. The fraction of sp³-hybridized carbons (Fsp3) is 0.321. The van der Waals surface area contributed by atoms with Crippen LogP contribution in [0.5, 0.6) is 0 Å². The Morgan fingerprint density at radius 3 is 2.43 bits per heavy atom. The highest BCUT2D eigenvalue weighted by molar-refractivity contribution is 6.03. The predicted octanol–water partition coefficient (Wildman–Crippen LogP) is 4.16. The van der Waals surface area contributed by atoms with Gasteiger partial charge >= 0.3 is 0 Å². The Kier molecular flexibility index (Phi) is 6.77. The fourth-order valence-corrected chi connectivity index (χ4v) is 4.72. The lowest BCUT2D eigenvalue weighted by Crippen LogP contribution is -2.47. The number of carbonyl (C=O) groups is 2. The normalized spacial score (nSPS) is 18.9. The zero-order chi connectivity index (χ0) is 24.2. The Hall–Kier alpha value is -3.71. The molecule has 7 heteroatoms. The van der Waals surface area contributed by atoms with Crippen molar-refractivity contribution in [2.45, 2.75) is 38.3 Å². The maximum absolute atomic E-state index is 13.4. The Morgan fingerprint density at radius 2 is 1.74 bits per heavy atom. The third-order valence-corrected chi connectivity index (χ3v) is 6.74. The Balaban J connectivity index is 1.21. The molecule has 0 bridgehead atoms. The lowest BCUT2D eigenvalue weighted by Gasteiger charge is -2.33. The van der Waals surface area contributed by atoms with Gasteiger partial charge in [-0.05, 0) is 49.6 Å². The molecule has 1 aromatic heterocycles. The van der Waals surface area contributed by atoms with Crippen molar-refractivity contribution in [3.8, 4) is 0 Å². The van der Waals surface area contributed by atoms with E-state index in [1.54, 1.807) is 11.3 Å². The summed E-state index contributed by atoms with van der Waals surface area (Å²) in [6, 6.07) is 21.1. The number of piperidine rings is 1.